The van der Waals surface area contributed by atoms with Crippen molar-refractivity contribution >= 4 is 31.8 Å². The van der Waals surface area contributed by atoms with E-state index in [1.54, 1.807) is 12.1 Å². The highest BCUT2D eigenvalue weighted by molar-refractivity contribution is 7.89. The fourth-order valence-electron chi connectivity index (χ4n) is 3.36. The van der Waals surface area contributed by atoms with Gasteiger partial charge in [-0.15, -0.1) is 0 Å². The van der Waals surface area contributed by atoms with Crippen LogP contribution >= 0.6 is 0 Å². The Hall–Kier alpha value is -2.77. The van der Waals surface area contributed by atoms with E-state index in [0.29, 0.717) is 0 Å². The number of pyridine rings is 1. The summed E-state index contributed by atoms with van der Waals surface area (Å²) in [5, 5.41) is 11.8. The number of benzene rings is 2. The molecule has 0 saturated carbocycles. The van der Waals surface area contributed by atoms with Gasteiger partial charge >= 0.3 is 0 Å². The molecule has 0 saturated heterocycles. The fraction of sp³-hybridized carbons (Fsp3) is 0.200. The number of nitrogens with two attached hydrogens (primary N) is 1. The third-order valence-corrected chi connectivity index (χ3v) is 6.02. The predicted molar refractivity (Wildman–Crippen MR) is 106 cm³/mol. The molecule has 2 heterocycles. The number of sulfonamides is 1. The molecule has 2 aromatic heterocycles. The number of fused-ring (bicyclic) bond motifs is 3. The summed E-state index contributed by atoms with van der Waals surface area (Å²) in [5.41, 5.74) is 5.30. The van der Waals surface area contributed by atoms with Gasteiger partial charge in [-0.1, -0.05) is 12.1 Å². The van der Waals surface area contributed by atoms with Crippen molar-refractivity contribution in [1.82, 2.24) is 14.8 Å². The van der Waals surface area contributed by atoms with Crippen LogP contribution in [0.1, 0.15) is 29.7 Å². The van der Waals surface area contributed by atoms with E-state index >= 15 is 0 Å². The topological polar surface area (TPSA) is 90.9 Å². The van der Waals surface area contributed by atoms with Gasteiger partial charge in [0.25, 0.3) is 0 Å². The maximum absolute atomic E-state index is 11.5. The zero-order valence-electron chi connectivity index (χ0n) is 15.3. The molecule has 0 spiro atoms. The second-order valence-corrected chi connectivity index (χ2v) is 8.46. The van der Waals surface area contributed by atoms with Crippen LogP contribution in [-0.4, -0.2) is 23.2 Å². The number of nitrogens with zero attached hydrogens (tertiary/aromatic N) is 3. The normalized spacial score (nSPS) is 13.3. The van der Waals surface area contributed by atoms with Crippen LogP contribution in [0.2, 0.25) is 0 Å². The summed E-state index contributed by atoms with van der Waals surface area (Å²) < 4.78 is 24.9. The van der Waals surface area contributed by atoms with E-state index in [2.05, 4.69) is 36.1 Å². The maximum atomic E-state index is 11.5. The van der Waals surface area contributed by atoms with Gasteiger partial charge in [-0.3, -0.25) is 9.67 Å². The van der Waals surface area contributed by atoms with E-state index in [1.807, 2.05) is 24.0 Å². The van der Waals surface area contributed by atoms with Crippen LogP contribution in [0.4, 0.5) is 0 Å². The molecule has 0 amide bonds. The summed E-state index contributed by atoms with van der Waals surface area (Å²) in [6, 6.07) is 10.8. The molecule has 0 aliphatic heterocycles. The molecule has 6 nitrogen and oxygen atoms in total. The predicted octanol–water partition coefficient (Wildman–Crippen LogP) is 3.46. The first kappa shape index (κ1) is 17.6. The molecule has 7 heteroatoms. The molecule has 0 aliphatic carbocycles. The molecule has 1 atom stereocenters. The lowest BCUT2D eigenvalue weighted by molar-refractivity contribution is 0.584. The summed E-state index contributed by atoms with van der Waals surface area (Å²) in [7, 11) is -3.70. The first-order chi connectivity index (χ1) is 12.8. The van der Waals surface area contributed by atoms with Gasteiger partial charge in [0.1, 0.15) is 0 Å². The number of hydrogen-bond donors (Lipinski definition) is 1. The first-order valence-corrected chi connectivity index (χ1v) is 10.2. The number of primary sulfonamides is 1. The Morgan fingerprint density at radius 2 is 1.70 bits per heavy atom. The highest BCUT2D eigenvalue weighted by Gasteiger charge is 2.16. The summed E-state index contributed by atoms with van der Waals surface area (Å²) in [6.07, 6.45) is 3.65. The molecule has 4 aromatic rings. The molecule has 0 fully saturated rings. The molecule has 0 unspecified atom stereocenters. The number of aryl methyl sites for hydroxylation is 2. The number of aromatic nitrogens is 3. The zero-order valence-corrected chi connectivity index (χ0v) is 16.2. The standard InChI is InChI=1S/C20H20N4O2S/c1-12-8-18-19(9-13(12)2)22-10-16-11-23-24(20(16)18)14(3)15-4-6-17(7-5-15)27(21,25)26/h4-11,14H,1-3H3,(H2,21,25,26)/t14-/m0/s1. The van der Waals surface area contributed by atoms with Crippen molar-refractivity contribution in [3.63, 3.8) is 0 Å². The van der Waals surface area contributed by atoms with Crippen molar-refractivity contribution in [1.29, 1.82) is 0 Å². The molecule has 2 N–H and O–H groups in total. The van der Waals surface area contributed by atoms with Crippen molar-refractivity contribution in [2.24, 2.45) is 5.14 Å². The number of hydrogen-bond acceptors (Lipinski definition) is 4. The lowest BCUT2D eigenvalue weighted by Gasteiger charge is -2.16. The van der Waals surface area contributed by atoms with Crippen LogP contribution < -0.4 is 5.14 Å². The van der Waals surface area contributed by atoms with Crippen molar-refractivity contribution in [2.45, 2.75) is 31.7 Å². The monoisotopic (exact) mass is 380 g/mol. The summed E-state index contributed by atoms with van der Waals surface area (Å²) in [4.78, 5) is 4.66. The molecular formula is C20H20N4O2S. The smallest absolute Gasteiger partial charge is 0.238 e. The Morgan fingerprint density at radius 3 is 2.37 bits per heavy atom. The van der Waals surface area contributed by atoms with E-state index in [9.17, 15) is 8.42 Å². The van der Waals surface area contributed by atoms with Gasteiger partial charge < -0.3 is 0 Å². The van der Waals surface area contributed by atoms with Gasteiger partial charge in [-0.2, -0.15) is 5.10 Å². The SMILES string of the molecule is Cc1cc2ncc3cnn([C@@H](C)c4ccc(S(N)(=O)=O)cc4)c3c2cc1C. The van der Waals surface area contributed by atoms with Crippen LogP contribution in [0.3, 0.4) is 0 Å². The van der Waals surface area contributed by atoms with Crippen LogP contribution in [0.25, 0.3) is 21.8 Å². The number of rotatable bonds is 3. The third-order valence-electron chi connectivity index (χ3n) is 5.09. The highest BCUT2D eigenvalue weighted by Crippen LogP contribution is 2.30. The fourth-order valence-corrected chi connectivity index (χ4v) is 3.87. The first-order valence-electron chi connectivity index (χ1n) is 8.61. The van der Waals surface area contributed by atoms with Crippen LogP contribution in [-0.2, 0) is 10.0 Å². The molecule has 0 aliphatic rings. The second-order valence-electron chi connectivity index (χ2n) is 6.89. The highest BCUT2D eigenvalue weighted by atomic mass is 32.2. The molecule has 4 rings (SSSR count). The van der Waals surface area contributed by atoms with Gasteiger partial charge in [0.05, 0.1) is 28.2 Å². The molecule has 2 aromatic carbocycles. The Bertz CT molecular complexity index is 1280. The van der Waals surface area contributed by atoms with Crippen molar-refractivity contribution in [3.05, 3.63) is 65.5 Å². The minimum Gasteiger partial charge on any atom is -0.257 e. The maximum Gasteiger partial charge on any atom is 0.238 e. The Morgan fingerprint density at radius 1 is 1.04 bits per heavy atom. The van der Waals surface area contributed by atoms with Crippen molar-refractivity contribution in [2.75, 3.05) is 0 Å². The quantitative estimate of drug-likeness (QED) is 0.589. The molecule has 27 heavy (non-hydrogen) atoms. The van der Waals surface area contributed by atoms with E-state index in [-0.39, 0.29) is 10.9 Å². The van der Waals surface area contributed by atoms with Gasteiger partial charge in [-0.25, -0.2) is 13.6 Å². The van der Waals surface area contributed by atoms with Crippen LogP contribution in [0.15, 0.2) is 53.7 Å². The molecule has 0 bridgehead atoms. The van der Waals surface area contributed by atoms with Crippen LogP contribution in [0.5, 0.6) is 0 Å². The van der Waals surface area contributed by atoms with Gasteiger partial charge in [0.15, 0.2) is 0 Å². The van der Waals surface area contributed by atoms with Gasteiger partial charge in [0.2, 0.25) is 10.0 Å². The third kappa shape index (κ3) is 2.98. The lowest BCUT2D eigenvalue weighted by atomic mass is 10.0. The Kier molecular flexibility index (Phi) is 4.01. The largest absolute Gasteiger partial charge is 0.257 e. The zero-order chi connectivity index (χ0) is 19.3. The summed E-state index contributed by atoms with van der Waals surface area (Å²) in [6.45, 7) is 6.20. The van der Waals surface area contributed by atoms with E-state index in [4.69, 9.17) is 5.14 Å². The minimum atomic E-state index is -3.70. The molecule has 0 radical (unpaired) electrons. The van der Waals surface area contributed by atoms with Crippen LogP contribution in [0, 0.1) is 13.8 Å². The van der Waals surface area contributed by atoms with Gasteiger partial charge in [0, 0.05) is 17.0 Å². The van der Waals surface area contributed by atoms with Gasteiger partial charge in [-0.05, 0) is 61.7 Å². The average molecular weight is 380 g/mol. The Balaban J connectivity index is 1.88. The van der Waals surface area contributed by atoms with E-state index in [0.717, 1.165) is 27.4 Å². The lowest BCUT2D eigenvalue weighted by Crippen LogP contribution is -2.13. The summed E-state index contributed by atoms with van der Waals surface area (Å²) >= 11 is 0. The Labute approximate surface area is 157 Å². The van der Waals surface area contributed by atoms with Crippen molar-refractivity contribution in [3.8, 4) is 0 Å². The molecular weight excluding hydrogens is 360 g/mol. The van der Waals surface area contributed by atoms with Crippen molar-refractivity contribution < 1.29 is 8.42 Å². The second kappa shape index (κ2) is 6.14. The minimum absolute atomic E-state index is 0.0794. The molecule has 138 valence electrons. The van der Waals surface area contributed by atoms with E-state index < -0.39 is 10.0 Å². The summed E-state index contributed by atoms with van der Waals surface area (Å²) in [5.74, 6) is 0. The average Bonchev–Trinajstić information content (AvgIpc) is 3.06. The van der Waals surface area contributed by atoms with E-state index in [1.165, 1.54) is 23.3 Å².